The molecule has 2 amide bonds. The summed E-state index contributed by atoms with van der Waals surface area (Å²) in [5.74, 6) is 0.812. The number of alkyl halides is 3. The molecule has 128 valence electrons. The standard InChI is InChI=1S/C15H19F3N2O2S/c1-23-10-11-3-2-4-12(9-11)19-13(21)20-7-5-14(22,6-8-20)15(16,17)18/h2-4,9,22H,5-8,10H2,1H3,(H,19,21). The summed E-state index contributed by atoms with van der Waals surface area (Å²) < 4.78 is 38.2. The number of benzene rings is 1. The molecule has 0 spiro atoms. The second-order valence-corrected chi connectivity index (χ2v) is 6.45. The molecular weight excluding hydrogens is 329 g/mol. The number of nitrogens with one attached hydrogen (secondary N) is 1. The van der Waals surface area contributed by atoms with Gasteiger partial charge < -0.3 is 15.3 Å². The highest BCUT2D eigenvalue weighted by Gasteiger charge is 2.54. The monoisotopic (exact) mass is 348 g/mol. The minimum absolute atomic E-state index is 0.133. The van der Waals surface area contributed by atoms with Crippen molar-refractivity contribution in [2.45, 2.75) is 30.4 Å². The van der Waals surface area contributed by atoms with E-state index in [9.17, 15) is 23.1 Å². The lowest BCUT2D eigenvalue weighted by atomic mass is 9.91. The summed E-state index contributed by atoms with van der Waals surface area (Å²) in [6.45, 7) is -0.265. The number of hydrogen-bond donors (Lipinski definition) is 2. The molecule has 2 rings (SSSR count). The normalized spacial score (nSPS) is 17.9. The second kappa shape index (κ2) is 7.00. The van der Waals surface area contributed by atoms with Crippen molar-refractivity contribution in [2.24, 2.45) is 0 Å². The summed E-state index contributed by atoms with van der Waals surface area (Å²) in [6.07, 6.45) is -3.70. The van der Waals surface area contributed by atoms with Crippen LogP contribution in [0.3, 0.4) is 0 Å². The van der Waals surface area contributed by atoms with Gasteiger partial charge in [-0.1, -0.05) is 12.1 Å². The fourth-order valence-corrected chi connectivity index (χ4v) is 2.98. The molecule has 1 heterocycles. The van der Waals surface area contributed by atoms with E-state index in [2.05, 4.69) is 5.32 Å². The molecule has 1 aliphatic rings. The number of amides is 2. The van der Waals surface area contributed by atoms with E-state index < -0.39 is 30.7 Å². The number of thioether (sulfide) groups is 1. The lowest BCUT2D eigenvalue weighted by Crippen LogP contribution is -2.55. The van der Waals surface area contributed by atoms with Crippen LogP contribution in [0, 0.1) is 0 Å². The quantitative estimate of drug-likeness (QED) is 0.879. The van der Waals surface area contributed by atoms with Gasteiger partial charge in [0.25, 0.3) is 0 Å². The van der Waals surface area contributed by atoms with E-state index in [4.69, 9.17) is 0 Å². The first-order chi connectivity index (χ1) is 10.7. The first-order valence-electron chi connectivity index (χ1n) is 7.18. The van der Waals surface area contributed by atoms with Gasteiger partial charge in [0.1, 0.15) is 0 Å². The third-order valence-corrected chi connectivity index (χ3v) is 4.52. The van der Waals surface area contributed by atoms with Crippen LogP contribution in [-0.2, 0) is 5.75 Å². The van der Waals surface area contributed by atoms with Crippen molar-refractivity contribution in [1.82, 2.24) is 4.90 Å². The minimum atomic E-state index is -4.66. The Morgan fingerprint density at radius 2 is 2.04 bits per heavy atom. The number of likely N-dealkylation sites (tertiary alicyclic amines) is 1. The number of halogens is 3. The maximum absolute atomic E-state index is 12.7. The van der Waals surface area contributed by atoms with Crippen molar-refractivity contribution in [3.05, 3.63) is 29.8 Å². The van der Waals surface area contributed by atoms with Gasteiger partial charge in [0.15, 0.2) is 5.60 Å². The lowest BCUT2D eigenvalue weighted by molar-refractivity contribution is -0.271. The molecule has 1 aliphatic heterocycles. The molecule has 0 bridgehead atoms. The molecule has 1 aromatic rings. The molecule has 0 unspecified atom stereocenters. The summed E-state index contributed by atoms with van der Waals surface area (Å²) >= 11 is 1.65. The Morgan fingerprint density at radius 3 is 2.61 bits per heavy atom. The topological polar surface area (TPSA) is 52.6 Å². The van der Waals surface area contributed by atoms with Crippen molar-refractivity contribution < 1.29 is 23.1 Å². The van der Waals surface area contributed by atoms with E-state index in [1.54, 1.807) is 17.8 Å². The van der Waals surface area contributed by atoms with E-state index in [-0.39, 0.29) is 13.1 Å². The highest BCUT2D eigenvalue weighted by molar-refractivity contribution is 7.97. The Hall–Kier alpha value is -1.41. The zero-order chi connectivity index (χ0) is 17.1. The van der Waals surface area contributed by atoms with Crippen LogP contribution in [0.4, 0.5) is 23.7 Å². The zero-order valence-corrected chi connectivity index (χ0v) is 13.5. The smallest absolute Gasteiger partial charge is 0.380 e. The van der Waals surface area contributed by atoms with Crippen LogP contribution in [0.2, 0.25) is 0 Å². The van der Waals surface area contributed by atoms with Gasteiger partial charge in [-0.2, -0.15) is 24.9 Å². The highest BCUT2D eigenvalue weighted by atomic mass is 32.2. The Morgan fingerprint density at radius 1 is 1.39 bits per heavy atom. The first kappa shape index (κ1) is 17.9. The molecular formula is C15H19F3N2O2S. The van der Waals surface area contributed by atoms with Gasteiger partial charge in [-0.05, 0) is 24.0 Å². The number of nitrogens with zero attached hydrogens (tertiary/aromatic N) is 1. The third kappa shape index (κ3) is 4.32. The van der Waals surface area contributed by atoms with Crippen molar-refractivity contribution >= 4 is 23.5 Å². The van der Waals surface area contributed by atoms with Crippen LogP contribution in [0.1, 0.15) is 18.4 Å². The van der Waals surface area contributed by atoms with Gasteiger partial charge in [0.05, 0.1) is 0 Å². The first-order valence-corrected chi connectivity index (χ1v) is 8.57. The summed E-state index contributed by atoms with van der Waals surface area (Å²) in [7, 11) is 0. The maximum Gasteiger partial charge on any atom is 0.417 e. The third-order valence-electron chi connectivity index (χ3n) is 3.89. The Bertz CT molecular complexity index is 558. The van der Waals surface area contributed by atoms with Crippen molar-refractivity contribution in [3.63, 3.8) is 0 Å². The van der Waals surface area contributed by atoms with Gasteiger partial charge in [-0.25, -0.2) is 4.79 Å². The molecule has 0 aromatic heterocycles. The number of piperidine rings is 1. The maximum atomic E-state index is 12.7. The molecule has 0 radical (unpaired) electrons. The minimum Gasteiger partial charge on any atom is -0.380 e. The summed E-state index contributed by atoms with van der Waals surface area (Å²) in [5.41, 5.74) is -1.03. The van der Waals surface area contributed by atoms with E-state index in [0.717, 1.165) is 11.3 Å². The van der Waals surface area contributed by atoms with Crippen molar-refractivity contribution in [2.75, 3.05) is 24.7 Å². The number of anilines is 1. The molecule has 23 heavy (non-hydrogen) atoms. The van der Waals surface area contributed by atoms with E-state index in [1.807, 2.05) is 24.5 Å². The second-order valence-electron chi connectivity index (χ2n) is 5.58. The zero-order valence-electron chi connectivity index (χ0n) is 12.7. The summed E-state index contributed by atoms with van der Waals surface area (Å²) in [5, 5.41) is 12.3. The van der Waals surface area contributed by atoms with Crippen LogP contribution in [-0.4, -0.2) is 47.2 Å². The number of carbonyl (C=O) groups is 1. The van der Waals surface area contributed by atoms with Crippen LogP contribution < -0.4 is 5.32 Å². The Labute approximate surface area is 137 Å². The average molecular weight is 348 g/mol. The van der Waals surface area contributed by atoms with Crippen LogP contribution in [0.15, 0.2) is 24.3 Å². The highest BCUT2D eigenvalue weighted by Crippen LogP contribution is 2.38. The van der Waals surface area contributed by atoms with Crippen LogP contribution in [0.25, 0.3) is 0 Å². The molecule has 8 heteroatoms. The molecule has 0 aliphatic carbocycles. The Balaban J connectivity index is 1.94. The molecule has 2 N–H and O–H groups in total. The number of urea groups is 1. The number of carbonyl (C=O) groups excluding carboxylic acids is 1. The van der Waals surface area contributed by atoms with Crippen molar-refractivity contribution in [1.29, 1.82) is 0 Å². The summed E-state index contributed by atoms with van der Waals surface area (Å²) in [4.78, 5) is 13.4. The van der Waals surface area contributed by atoms with Crippen LogP contribution >= 0.6 is 11.8 Å². The predicted molar refractivity (Wildman–Crippen MR) is 84.5 cm³/mol. The average Bonchev–Trinajstić information content (AvgIpc) is 2.47. The fraction of sp³-hybridized carbons (Fsp3) is 0.533. The largest absolute Gasteiger partial charge is 0.417 e. The van der Waals surface area contributed by atoms with Crippen LogP contribution in [0.5, 0.6) is 0 Å². The molecule has 1 saturated heterocycles. The molecule has 1 fully saturated rings. The van der Waals surface area contributed by atoms with E-state index in [0.29, 0.717) is 5.69 Å². The van der Waals surface area contributed by atoms with Gasteiger partial charge in [-0.3, -0.25) is 0 Å². The molecule has 4 nitrogen and oxygen atoms in total. The molecule has 0 saturated carbocycles. The number of rotatable bonds is 3. The van der Waals surface area contributed by atoms with Gasteiger partial charge >= 0.3 is 12.2 Å². The molecule has 1 aromatic carbocycles. The van der Waals surface area contributed by atoms with Gasteiger partial charge in [-0.15, -0.1) is 0 Å². The SMILES string of the molecule is CSCc1cccc(NC(=O)N2CCC(O)(C(F)(F)F)CC2)c1. The molecule has 0 atom stereocenters. The predicted octanol–water partition coefficient (Wildman–Crippen LogP) is 3.47. The number of hydrogen-bond acceptors (Lipinski definition) is 3. The fourth-order valence-electron chi connectivity index (χ4n) is 2.47. The summed E-state index contributed by atoms with van der Waals surface area (Å²) in [6, 6.07) is 6.88. The lowest BCUT2D eigenvalue weighted by Gasteiger charge is -2.39. The van der Waals surface area contributed by atoms with E-state index in [1.165, 1.54) is 4.90 Å². The van der Waals surface area contributed by atoms with E-state index >= 15 is 0 Å². The Kier molecular flexibility index (Phi) is 5.46. The van der Waals surface area contributed by atoms with Gasteiger partial charge in [0.2, 0.25) is 0 Å². The number of aliphatic hydroxyl groups is 1. The van der Waals surface area contributed by atoms with Crippen molar-refractivity contribution in [3.8, 4) is 0 Å². The van der Waals surface area contributed by atoms with Gasteiger partial charge in [0, 0.05) is 37.4 Å².